The van der Waals surface area contributed by atoms with Crippen LogP contribution in [0.25, 0.3) is 0 Å². The predicted molar refractivity (Wildman–Crippen MR) is 95.7 cm³/mol. The highest BCUT2D eigenvalue weighted by atomic mass is 35.5. The average Bonchev–Trinajstić information content (AvgIpc) is 2.55. The standard InChI is InChI=1S/C17H25ClN4O2/c1-3-13(2)19-17(24)20-16(23)12-21-7-9-22(10-8-21)15-6-4-5-14(18)11-15/h4-6,11,13H,3,7-10,12H2,1-2H3,(H2,19,20,23,24)/p+1/t13-/m1/s1. The third-order valence-corrected chi connectivity index (χ3v) is 4.53. The van der Waals surface area contributed by atoms with Crippen LogP contribution in [-0.2, 0) is 4.79 Å². The third-order valence-electron chi connectivity index (χ3n) is 4.30. The van der Waals surface area contributed by atoms with E-state index in [1.807, 2.05) is 38.1 Å². The molecule has 0 bridgehead atoms. The van der Waals surface area contributed by atoms with Gasteiger partial charge in [0.05, 0.1) is 26.2 Å². The van der Waals surface area contributed by atoms with Gasteiger partial charge in [-0.1, -0.05) is 24.6 Å². The van der Waals surface area contributed by atoms with Gasteiger partial charge in [-0.25, -0.2) is 4.79 Å². The molecular formula is C17H26ClN4O2+. The van der Waals surface area contributed by atoms with Crippen LogP contribution in [0, 0.1) is 0 Å². The summed E-state index contributed by atoms with van der Waals surface area (Å²) >= 11 is 6.03. The Labute approximate surface area is 148 Å². The summed E-state index contributed by atoms with van der Waals surface area (Å²) in [4.78, 5) is 27.1. The highest BCUT2D eigenvalue weighted by Crippen LogP contribution is 2.19. The average molecular weight is 354 g/mol. The number of imide groups is 1. The van der Waals surface area contributed by atoms with Crippen molar-refractivity contribution in [3.05, 3.63) is 29.3 Å². The van der Waals surface area contributed by atoms with E-state index in [4.69, 9.17) is 11.6 Å². The number of amides is 3. The van der Waals surface area contributed by atoms with Crippen molar-refractivity contribution in [2.45, 2.75) is 26.3 Å². The predicted octanol–water partition coefficient (Wildman–Crippen LogP) is 0.669. The largest absolute Gasteiger partial charge is 0.360 e. The molecule has 24 heavy (non-hydrogen) atoms. The van der Waals surface area contributed by atoms with Crippen LogP contribution >= 0.6 is 11.6 Å². The number of hydrogen-bond acceptors (Lipinski definition) is 3. The number of piperazine rings is 1. The van der Waals surface area contributed by atoms with Crippen molar-refractivity contribution in [3.8, 4) is 0 Å². The highest BCUT2D eigenvalue weighted by molar-refractivity contribution is 6.30. The van der Waals surface area contributed by atoms with Crippen molar-refractivity contribution >= 4 is 29.2 Å². The zero-order chi connectivity index (χ0) is 17.5. The minimum atomic E-state index is -0.411. The van der Waals surface area contributed by atoms with Crippen LogP contribution in [0.15, 0.2) is 24.3 Å². The fraction of sp³-hybridized carbons (Fsp3) is 0.529. The van der Waals surface area contributed by atoms with Gasteiger partial charge in [-0.3, -0.25) is 10.1 Å². The lowest BCUT2D eigenvalue weighted by Gasteiger charge is -2.33. The van der Waals surface area contributed by atoms with Gasteiger partial charge in [0, 0.05) is 16.8 Å². The topological polar surface area (TPSA) is 65.9 Å². The molecule has 0 spiro atoms. The molecular weight excluding hydrogens is 328 g/mol. The molecule has 132 valence electrons. The summed E-state index contributed by atoms with van der Waals surface area (Å²) in [6.07, 6.45) is 0.832. The third kappa shape index (κ3) is 5.69. The number of anilines is 1. The lowest BCUT2D eigenvalue weighted by molar-refractivity contribution is -0.892. The number of hydrogen-bond donors (Lipinski definition) is 3. The summed E-state index contributed by atoms with van der Waals surface area (Å²) in [6.45, 7) is 7.64. The normalized spacial score (nSPS) is 16.5. The second-order valence-corrected chi connectivity index (χ2v) is 6.66. The van der Waals surface area contributed by atoms with E-state index in [1.54, 1.807) is 0 Å². The van der Waals surface area contributed by atoms with Gasteiger partial charge >= 0.3 is 6.03 Å². The van der Waals surface area contributed by atoms with E-state index in [2.05, 4.69) is 15.5 Å². The summed E-state index contributed by atoms with van der Waals surface area (Å²) in [5, 5.41) is 5.86. The molecule has 1 fully saturated rings. The molecule has 3 N–H and O–H groups in total. The van der Waals surface area contributed by atoms with Crippen LogP contribution in [0.5, 0.6) is 0 Å². The second kappa shape index (κ2) is 8.89. The van der Waals surface area contributed by atoms with Crippen molar-refractivity contribution in [2.75, 3.05) is 37.6 Å². The van der Waals surface area contributed by atoms with E-state index in [1.165, 1.54) is 4.90 Å². The maximum atomic E-state index is 12.0. The molecule has 7 heteroatoms. The molecule has 6 nitrogen and oxygen atoms in total. The van der Waals surface area contributed by atoms with Crippen molar-refractivity contribution < 1.29 is 14.5 Å². The van der Waals surface area contributed by atoms with Gasteiger partial charge in [0.25, 0.3) is 5.91 Å². The van der Waals surface area contributed by atoms with E-state index in [9.17, 15) is 9.59 Å². The Morgan fingerprint density at radius 2 is 2.04 bits per heavy atom. The quantitative estimate of drug-likeness (QED) is 0.729. The number of quaternary nitrogens is 1. The van der Waals surface area contributed by atoms with Gasteiger partial charge in [-0.2, -0.15) is 0 Å². The smallest absolute Gasteiger partial charge is 0.321 e. The second-order valence-electron chi connectivity index (χ2n) is 6.22. The summed E-state index contributed by atoms with van der Waals surface area (Å²) in [7, 11) is 0. The van der Waals surface area contributed by atoms with E-state index in [0.717, 1.165) is 43.3 Å². The van der Waals surface area contributed by atoms with Crippen LogP contribution in [0.4, 0.5) is 10.5 Å². The molecule has 1 aromatic rings. The van der Waals surface area contributed by atoms with Crippen molar-refractivity contribution in [1.82, 2.24) is 10.6 Å². The number of rotatable bonds is 5. The van der Waals surface area contributed by atoms with Crippen LogP contribution in [0.1, 0.15) is 20.3 Å². The number of nitrogens with one attached hydrogen (secondary N) is 3. The first-order valence-corrected chi connectivity index (χ1v) is 8.80. The van der Waals surface area contributed by atoms with Gasteiger partial charge in [0.1, 0.15) is 0 Å². The van der Waals surface area contributed by atoms with Gasteiger partial charge < -0.3 is 15.1 Å². The van der Waals surface area contributed by atoms with Gasteiger partial charge in [-0.05, 0) is 31.5 Å². The van der Waals surface area contributed by atoms with Crippen LogP contribution < -0.4 is 20.4 Å². The lowest BCUT2D eigenvalue weighted by Crippen LogP contribution is -3.16. The van der Waals surface area contributed by atoms with Gasteiger partial charge in [-0.15, -0.1) is 0 Å². The summed E-state index contributed by atoms with van der Waals surface area (Å²) < 4.78 is 0. The Morgan fingerprint density at radius 3 is 2.67 bits per heavy atom. The lowest BCUT2D eigenvalue weighted by atomic mass is 10.2. The van der Waals surface area contributed by atoms with E-state index in [0.29, 0.717) is 6.54 Å². The first-order valence-electron chi connectivity index (χ1n) is 8.42. The van der Waals surface area contributed by atoms with Crippen LogP contribution in [-0.4, -0.2) is 50.7 Å². The summed E-state index contributed by atoms with van der Waals surface area (Å²) in [5.41, 5.74) is 1.11. The van der Waals surface area contributed by atoms with Crippen LogP contribution in [0.2, 0.25) is 5.02 Å². The zero-order valence-electron chi connectivity index (χ0n) is 14.3. The molecule has 1 aliphatic rings. The fourth-order valence-electron chi connectivity index (χ4n) is 2.69. The maximum absolute atomic E-state index is 12.0. The van der Waals surface area contributed by atoms with Crippen molar-refractivity contribution in [3.63, 3.8) is 0 Å². The SMILES string of the molecule is CC[C@@H](C)NC(=O)NC(=O)C[NH+]1CCN(c2cccc(Cl)c2)CC1. The molecule has 0 saturated carbocycles. The Morgan fingerprint density at radius 1 is 1.33 bits per heavy atom. The number of benzene rings is 1. The number of carbonyl (C=O) groups is 2. The molecule has 0 radical (unpaired) electrons. The Bertz CT molecular complexity index is 573. The Hall–Kier alpha value is -1.79. The fourth-order valence-corrected chi connectivity index (χ4v) is 2.88. The number of halogens is 1. The summed E-state index contributed by atoms with van der Waals surface area (Å²) in [5.74, 6) is -0.234. The van der Waals surface area contributed by atoms with Crippen molar-refractivity contribution in [2.24, 2.45) is 0 Å². The first-order chi connectivity index (χ1) is 11.5. The zero-order valence-corrected chi connectivity index (χ0v) is 15.0. The molecule has 2 rings (SSSR count). The molecule has 1 heterocycles. The molecule has 0 unspecified atom stereocenters. The number of carbonyl (C=O) groups excluding carboxylic acids is 2. The van der Waals surface area contributed by atoms with Crippen molar-refractivity contribution in [1.29, 1.82) is 0 Å². The monoisotopic (exact) mass is 353 g/mol. The minimum absolute atomic E-state index is 0.0615. The molecule has 1 atom stereocenters. The molecule has 1 aromatic carbocycles. The summed E-state index contributed by atoms with van der Waals surface area (Å²) in [6, 6.07) is 7.46. The van der Waals surface area contributed by atoms with E-state index >= 15 is 0 Å². The first kappa shape index (κ1) is 18.5. The Kier molecular flexibility index (Phi) is 6.87. The van der Waals surface area contributed by atoms with Gasteiger partial charge in [0.15, 0.2) is 6.54 Å². The molecule has 1 aliphatic heterocycles. The molecule has 0 aromatic heterocycles. The maximum Gasteiger partial charge on any atom is 0.321 e. The molecule has 3 amide bonds. The molecule has 1 saturated heterocycles. The van der Waals surface area contributed by atoms with E-state index < -0.39 is 6.03 Å². The number of urea groups is 1. The molecule has 0 aliphatic carbocycles. The highest BCUT2D eigenvalue weighted by Gasteiger charge is 2.23. The van der Waals surface area contributed by atoms with Gasteiger partial charge in [0.2, 0.25) is 0 Å². The van der Waals surface area contributed by atoms with Crippen LogP contribution in [0.3, 0.4) is 0 Å². The van der Waals surface area contributed by atoms with E-state index in [-0.39, 0.29) is 11.9 Å². The number of nitrogens with zero attached hydrogens (tertiary/aromatic N) is 1. The minimum Gasteiger partial charge on any atom is -0.360 e. The Balaban J connectivity index is 1.74.